The van der Waals surface area contributed by atoms with E-state index in [0.29, 0.717) is 0 Å². The van der Waals surface area contributed by atoms with Gasteiger partial charge >= 0.3 is 17.1 Å². The molecule has 4 nitrogen and oxygen atoms in total. The monoisotopic (exact) mass is 438 g/mol. The van der Waals surface area contributed by atoms with Gasteiger partial charge in [0.15, 0.2) is 16.6 Å². The van der Waals surface area contributed by atoms with Gasteiger partial charge in [-0.25, -0.2) is 0 Å². The molecule has 2 atom stereocenters. The van der Waals surface area contributed by atoms with Gasteiger partial charge in [-0.15, -0.1) is 0 Å². The van der Waals surface area contributed by atoms with Crippen LogP contribution in [0.25, 0.3) is 0 Å². The third-order valence-electron chi connectivity index (χ3n) is 3.79. The molecule has 2 unspecified atom stereocenters. The minimum absolute atomic E-state index is 0.164. The molecular weight excluding hydrogens is 393 g/mol. The summed E-state index contributed by atoms with van der Waals surface area (Å²) in [6.45, 7) is 21.9. The van der Waals surface area contributed by atoms with Gasteiger partial charge < -0.3 is 17.5 Å². The van der Waals surface area contributed by atoms with Crippen molar-refractivity contribution in [2.45, 2.75) is 117 Å². The van der Waals surface area contributed by atoms with Crippen LogP contribution in [0.1, 0.15) is 45.4 Å². The van der Waals surface area contributed by atoms with Crippen LogP contribution >= 0.6 is 0 Å². The number of unbranched alkanes of at least 4 members (excludes halogenated alkanes) is 4. The van der Waals surface area contributed by atoms with Crippen LogP contribution in [-0.4, -0.2) is 45.0 Å². The molecule has 0 fully saturated rings. The fourth-order valence-corrected chi connectivity index (χ4v) is 21.5. The van der Waals surface area contributed by atoms with Crippen LogP contribution < -0.4 is 0 Å². The molecule has 0 aliphatic carbocycles. The molecule has 8 heteroatoms. The van der Waals surface area contributed by atoms with Gasteiger partial charge in [0.25, 0.3) is 0 Å². The van der Waals surface area contributed by atoms with Gasteiger partial charge in [0.05, 0.1) is 6.10 Å². The molecule has 0 aliphatic heterocycles. The maximum Gasteiger partial charge on any atom is 0.315 e. The van der Waals surface area contributed by atoms with Gasteiger partial charge in [-0.1, -0.05) is 32.1 Å². The van der Waals surface area contributed by atoms with E-state index < -0.39 is 33.8 Å². The predicted molar refractivity (Wildman–Crippen MR) is 123 cm³/mol. The fraction of sp³-hybridized carbons (Fsp3) is 1.00. The first kappa shape index (κ1) is 26.7. The Bertz CT molecular complexity index is 392. The normalized spacial score (nSPS) is 17.2. The summed E-state index contributed by atoms with van der Waals surface area (Å²) in [5, 5.41) is 9.33. The second-order valence-corrected chi connectivity index (χ2v) is 26.7. The molecule has 1 N–H and O–H groups in total. The largest absolute Gasteiger partial charge is 0.437 e. The molecule has 26 heavy (non-hydrogen) atoms. The van der Waals surface area contributed by atoms with Crippen molar-refractivity contribution >= 4 is 33.8 Å². The van der Waals surface area contributed by atoms with E-state index in [1.807, 2.05) is 6.92 Å². The Kier molecular flexibility index (Phi) is 11.3. The van der Waals surface area contributed by atoms with E-state index >= 15 is 0 Å². The van der Waals surface area contributed by atoms with Gasteiger partial charge in [0.2, 0.25) is 0 Å². The Morgan fingerprint density at radius 3 is 1.58 bits per heavy atom. The third-order valence-corrected chi connectivity index (χ3v) is 17.3. The first-order valence-corrected chi connectivity index (χ1v) is 22.5. The summed E-state index contributed by atoms with van der Waals surface area (Å²) in [5.41, 5.74) is 0. The summed E-state index contributed by atoms with van der Waals surface area (Å²) in [4.78, 5) is 0. The maximum atomic E-state index is 9.33. The van der Waals surface area contributed by atoms with E-state index in [9.17, 15) is 5.11 Å². The van der Waals surface area contributed by atoms with Crippen molar-refractivity contribution in [1.82, 2.24) is 0 Å². The highest BCUT2D eigenvalue weighted by molar-refractivity contribution is 6.89. The highest BCUT2D eigenvalue weighted by Crippen LogP contribution is 2.28. The molecule has 0 spiro atoms. The van der Waals surface area contributed by atoms with E-state index in [1.165, 1.54) is 25.7 Å². The average molecular weight is 439 g/mol. The van der Waals surface area contributed by atoms with Crippen LogP contribution in [0.4, 0.5) is 0 Å². The van der Waals surface area contributed by atoms with Gasteiger partial charge in [-0.05, 0) is 78.3 Å². The zero-order chi connectivity index (χ0) is 20.6. The van der Waals surface area contributed by atoms with Crippen LogP contribution in [0.5, 0.6) is 0 Å². The summed E-state index contributed by atoms with van der Waals surface area (Å²) in [6.07, 6.45) is 6.70. The molecule has 0 aromatic rings. The molecule has 0 radical (unpaired) electrons. The molecule has 0 aromatic heterocycles. The van der Waals surface area contributed by atoms with Gasteiger partial charge in [0.1, 0.15) is 0 Å². The summed E-state index contributed by atoms with van der Waals surface area (Å²) in [7, 11) is -7.68. The predicted octanol–water partition coefficient (Wildman–Crippen LogP) is 6.20. The number of rotatable bonds is 14. The number of aliphatic hydroxyl groups is 1. The molecule has 0 rings (SSSR count). The van der Waals surface area contributed by atoms with Crippen molar-refractivity contribution in [3.8, 4) is 0 Å². The molecule has 0 bridgehead atoms. The lowest BCUT2D eigenvalue weighted by Crippen LogP contribution is -2.56. The van der Waals surface area contributed by atoms with Crippen molar-refractivity contribution in [2.24, 2.45) is 0 Å². The van der Waals surface area contributed by atoms with Crippen molar-refractivity contribution in [3.05, 3.63) is 0 Å². The summed E-state index contributed by atoms with van der Waals surface area (Å²) in [6, 6.07) is 1.05. The highest BCUT2D eigenvalue weighted by atomic mass is 28.5. The van der Waals surface area contributed by atoms with Crippen molar-refractivity contribution in [1.29, 1.82) is 0 Å². The Balaban J connectivity index is 4.63. The van der Waals surface area contributed by atoms with E-state index in [0.717, 1.165) is 18.9 Å². The lowest BCUT2D eigenvalue weighted by Gasteiger charge is -2.41. The summed E-state index contributed by atoms with van der Waals surface area (Å²) >= 11 is 0. The fourth-order valence-electron chi connectivity index (χ4n) is 3.46. The Morgan fingerprint density at radius 1 is 0.654 bits per heavy atom. The Morgan fingerprint density at radius 2 is 1.12 bits per heavy atom. The SMILES string of the molecule is CC(O)CCCCCCC[Si](C)(O[Si](C)(C)C)O[Si](C)(C)O[Si](C)(C)C. The van der Waals surface area contributed by atoms with Gasteiger partial charge in [-0.3, -0.25) is 0 Å². The van der Waals surface area contributed by atoms with Gasteiger partial charge in [-0.2, -0.15) is 0 Å². The topological polar surface area (TPSA) is 47.9 Å². The van der Waals surface area contributed by atoms with Crippen molar-refractivity contribution < 1.29 is 17.5 Å². The average Bonchev–Trinajstić information content (AvgIpc) is 2.30. The van der Waals surface area contributed by atoms with Crippen molar-refractivity contribution in [3.63, 3.8) is 0 Å². The Labute approximate surface area is 167 Å². The second-order valence-electron chi connectivity index (χ2n) is 10.2. The van der Waals surface area contributed by atoms with Gasteiger partial charge in [0, 0.05) is 0 Å². The first-order chi connectivity index (χ1) is 11.5. The third kappa shape index (κ3) is 15.7. The minimum atomic E-state index is -2.23. The Hall–Kier alpha value is 0.708. The summed E-state index contributed by atoms with van der Waals surface area (Å²) < 4.78 is 19.8. The molecule has 0 saturated heterocycles. The highest BCUT2D eigenvalue weighted by Gasteiger charge is 2.43. The zero-order valence-electron chi connectivity index (χ0n) is 19.2. The molecule has 0 aliphatic rings. The van der Waals surface area contributed by atoms with Crippen LogP contribution in [0.2, 0.25) is 65.0 Å². The lowest BCUT2D eigenvalue weighted by atomic mass is 10.1. The smallest absolute Gasteiger partial charge is 0.315 e. The maximum absolute atomic E-state index is 9.33. The molecular formula is C18H46O4Si4. The molecule has 0 heterocycles. The number of aliphatic hydroxyl groups excluding tert-OH is 1. The quantitative estimate of drug-likeness (QED) is 0.259. The lowest BCUT2D eigenvalue weighted by molar-refractivity contribution is 0.180. The van der Waals surface area contributed by atoms with E-state index in [-0.39, 0.29) is 6.10 Å². The molecule has 0 saturated carbocycles. The minimum Gasteiger partial charge on any atom is -0.437 e. The molecule has 0 aromatic carbocycles. The van der Waals surface area contributed by atoms with Crippen LogP contribution in [0.15, 0.2) is 0 Å². The van der Waals surface area contributed by atoms with Crippen LogP contribution in [-0.2, 0) is 12.3 Å². The second kappa shape index (κ2) is 11.0. The molecule has 0 amide bonds. The van der Waals surface area contributed by atoms with E-state index in [2.05, 4.69) is 58.9 Å². The number of hydrogen-bond acceptors (Lipinski definition) is 4. The molecule has 158 valence electrons. The van der Waals surface area contributed by atoms with Crippen LogP contribution in [0, 0.1) is 0 Å². The van der Waals surface area contributed by atoms with Crippen molar-refractivity contribution in [2.75, 3.05) is 0 Å². The zero-order valence-corrected chi connectivity index (χ0v) is 23.2. The van der Waals surface area contributed by atoms with E-state index in [1.54, 1.807) is 0 Å². The van der Waals surface area contributed by atoms with Crippen LogP contribution in [0.3, 0.4) is 0 Å². The standard InChI is InChI=1S/C18H46O4Si4/c1-18(19)16-14-12-11-13-15-17-26(10,21-24(5,6)7)22-25(8,9)20-23(2,3)4/h18-19H,11-17H2,1-10H3. The number of hydrogen-bond donors (Lipinski definition) is 1. The summed E-state index contributed by atoms with van der Waals surface area (Å²) in [5.74, 6) is 0. The van der Waals surface area contributed by atoms with E-state index in [4.69, 9.17) is 12.3 Å². The first-order valence-electron chi connectivity index (χ1n) is 10.3.